The lowest BCUT2D eigenvalue weighted by molar-refractivity contribution is 0.726. The normalized spacial score (nSPS) is 10.3. The Morgan fingerprint density at radius 2 is 2.31 bits per heavy atom. The predicted octanol–water partition coefficient (Wildman–Crippen LogP) is 3.11. The van der Waals surface area contributed by atoms with Gasteiger partial charge in [0.15, 0.2) is 0 Å². The van der Waals surface area contributed by atoms with Crippen molar-refractivity contribution in [2.45, 2.75) is 26.8 Å². The highest BCUT2D eigenvalue weighted by atomic mass is 32.1. The van der Waals surface area contributed by atoms with Crippen LogP contribution in [-0.4, -0.2) is 6.54 Å². The molecule has 0 atom stereocenters. The second-order valence-electron chi connectivity index (χ2n) is 3.29. The molecule has 0 radical (unpaired) electrons. The zero-order chi connectivity index (χ0) is 9.68. The fourth-order valence-electron chi connectivity index (χ4n) is 1.07. The lowest BCUT2D eigenvalue weighted by atomic mass is 10.2. The Kier molecular flexibility index (Phi) is 4.19. The van der Waals surface area contributed by atoms with Crippen molar-refractivity contribution < 1.29 is 0 Å². The van der Waals surface area contributed by atoms with Crippen LogP contribution in [0.2, 0.25) is 0 Å². The topological polar surface area (TPSA) is 12.0 Å². The van der Waals surface area contributed by atoms with Gasteiger partial charge < -0.3 is 5.32 Å². The van der Waals surface area contributed by atoms with Gasteiger partial charge in [-0.25, -0.2) is 0 Å². The maximum Gasteiger partial charge on any atom is 0.0219 e. The van der Waals surface area contributed by atoms with Crippen LogP contribution >= 0.6 is 11.3 Å². The third kappa shape index (κ3) is 3.33. The fraction of sp³-hybridized carbons (Fsp3) is 0.455. The maximum atomic E-state index is 3.95. The Bertz CT molecular complexity index is 275. The molecule has 1 aromatic rings. The first-order valence-electron chi connectivity index (χ1n) is 4.63. The molecule has 0 aliphatic heterocycles. The van der Waals surface area contributed by atoms with E-state index in [9.17, 15) is 0 Å². The van der Waals surface area contributed by atoms with E-state index in [0.29, 0.717) is 0 Å². The number of hydrogen-bond donors (Lipinski definition) is 1. The lowest BCUT2D eigenvalue weighted by Gasteiger charge is -2.05. The van der Waals surface area contributed by atoms with Crippen LogP contribution in [0.4, 0.5) is 0 Å². The van der Waals surface area contributed by atoms with Crippen molar-refractivity contribution in [2.75, 3.05) is 6.54 Å². The van der Waals surface area contributed by atoms with Gasteiger partial charge in [-0.05, 0) is 35.2 Å². The van der Waals surface area contributed by atoms with Crippen molar-refractivity contribution in [3.63, 3.8) is 0 Å². The molecule has 0 saturated heterocycles. The number of thiophene rings is 1. The summed E-state index contributed by atoms with van der Waals surface area (Å²) in [6.45, 7) is 10.2. The van der Waals surface area contributed by atoms with Crippen LogP contribution in [0.1, 0.15) is 24.5 Å². The van der Waals surface area contributed by atoms with Crippen molar-refractivity contribution in [1.29, 1.82) is 0 Å². The second-order valence-corrected chi connectivity index (χ2v) is 4.03. The van der Waals surface area contributed by atoms with E-state index >= 15 is 0 Å². The highest BCUT2D eigenvalue weighted by Gasteiger charge is 1.98. The van der Waals surface area contributed by atoms with E-state index < -0.39 is 0 Å². The van der Waals surface area contributed by atoms with Crippen molar-refractivity contribution >= 4 is 11.3 Å². The molecule has 0 aliphatic carbocycles. The third-order valence-corrected chi connectivity index (χ3v) is 3.06. The van der Waals surface area contributed by atoms with Crippen LogP contribution in [0, 0.1) is 6.92 Å². The molecule has 0 aliphatic rings. The molecule has 0 unspecified atom stereocenters. The first-order valence-corrected chi connectivity index (χ1v) is 5.57. The van der Waals surface area contributed by atoms with Crippen LogP contribution in [0.5, 0.6) is 0 Å². The highest BCUT2D eigenvalue weighted by molar-refractivity contribution is 7.08. The van der Waals surface area contributed by atoms with Gasteiger partial charge in [-0.3, -0.25) is 0 Å². The van der Waals surface area contributed by atoms with Crippen molar-refractivity contribution in [3.05, 3.63) is 34.0 Å². The van der Waals surface area contributed by atoms with Gasteiger partial charge in [0.2, 0.25) is 0 Å². The molecule has 0 aromatic carbocycles. The molecule has 0 fully saturated rings. The van der Waals surface area contributed by atoms with Crippen molar-refractivity contribution in [2.24, 2.45) is 0 Å². The summed E-state index contributed by atoms with van der Waals surface area (Å²) in [7, 11) is 0. The summed E-state index contributed by atoms with van der Waals surface area (Å²) in [5, 5.41) is 7.78. The Labute approximate surface area is 84.5 Å². The SMILES string of the molecule is C=C(CC)CNCc1cscc1C. The van der Waals surface area contributed by atoms with E-state index in [0.717, 1.165) is 19.5 Å². The van der Waals surface area contributed by atoms with Crippen LogP contribution in [0.25, 0.3) is 0 Å². The number of nitrogens with one attached hydrogen (secondary N) is 1. The molecule has 2 heteroatoms. The number of rotatable bonds is 5. The molecule has 13 heavy (non-hydrogen) atoms. The smallest absolute Gasteiger partial charge is 0.0219 e. The standard InChI is InChI=1S/C11H17NS/c1-4-9(2)5-12-6-11-8-13-7-10(11)3/h7-8,12H,2,4-6H2,1,3H3. The molecular formula is C11H17NS. The first kappa shape index (κ1) is 10.5. The molecule has 0 amide bonds. The third-order valence-electron chi connectivity index (χ3n) is 2.15. The van der Waals surface area contributed by atoms with E-state index in [1.165, 1.54) is 16.7 Å². The minimum Gasteiger partial charge on any atom is -0.309 e. The van der Waals surface area contributed by atoms with Gasteiger partial charge in [-0.15, -0.1) is 0 Å². The first-order chi connectivity index (χ1) is 6.24. The Morgan fingerprint density at radius 1 is 1.54 bits per heavy atom. The summed E-state index contributed by atoms with van der Waals surface area (Å²) in [5.74, 6) is 0. The monoisotopic (exact) mass is 195 g/mol. The lowest BCUT2D eigenvalue weighted by Crippen LogP contribution is -2.15. The number of hydrogen-bond acceptors (Lipinski definition) is 2. The Balaban J connectivity index is 2.28. The van der Waals surface area contributed by atoms with Crippen LogP contribution in [0.15, 0.2) is 22.9 Å². The van der Waals surface area contributed by atoms with Crippen molar-refractivity contribution in [3.8, 4) is 0 Å². The summed E-state index contributed by atoms with van der Waals surface area (Å²) < 4.78 is 0. The van der Waals surface area contributed by atoms with Gasteiger partial charge in [0.05, 0.1) is 0 Å². The van der Waals surface area contributed by atoms with Gasteiger partial charge in [-0.2, -0.15) is 11.3 Å². The highest BCUT2D eigenvalue weighted by Crippen LogP contribution is 2.12. The van der Waals surface area contributed by atoms with Crippen LogP contribution < -0.4 is 5.32 Å². The summed E-state index contributed by atoms with van der Waals surface area (Å²) in [6.07, 6.45) is 1.07. The molecule has 0 bridgehead atoms. The van der Waals surface area contributed by atoms with Crippen molar-refractivity contribution in [1.82, 2.24) is 5.32 Å². The van der Waals surface area contributed by atoms with Crippen LogP contribution in [0.3, 0.4) is 0 Å². The van der Waals surface area contributed by atoms with E-state index in [1.54, 1.807) is 11.3 Å². The largest absolute Gasteiger partial charge is 0.309 e. The molecule has 1 aromatic heterocycles. The van der Waals surface area contributed by atoms with Gasteiger partial charge in [0, 0.05) is 13.1 Å². The molecular weight excluding hydrogens is 178 g/mol. The average Bonchev–Trinajstić information content (AvgIpc) is 2.52. The molecule has 1 N–H and O–H groups in total. The Morgan fingerprint density at radius 3 is 2.85 bits per heavy atom. The number of aryl methyl sites for hydroxylation is 1. The van der Waals surface area contributed by atoms with Gasteiger partial charge in [0.25, 0.3) is 0 Å². The maximum absolute atomic E-state index is 3.95. The molecule has 72 valence electrons. The van der Waals surface area contributed by atoms with E-state index in [4.69, 9.17) is 0 Å². The van der Waals surface area contributed by atoms with Crippen LogP contribution in [-0.2, 0) is 6.54 Å². The molecule has 0 spiro atoms. The molecule has 1 rings (SSSR count). The zero-order valence-corrected chi connectivity index (χ0v) is 9.21. The Hall–Kier alpha value is -0.600. The quantitative estimate of drug-likeness (QED) is 0.712. The molecule has 0 saturated carbocycles. The molecule has 1 heterocycles. The van der Waals surface area contributed by atoms with E-state index in [-0.39, 0.29) is 0 Å². The second kappa shape index (κ2) is 5.20. The van der Waals surface area contributed by atoms with Gasteiger partial charge in [-0.1, -0.05) is 19.1 Å². The van der Waals surface area contributed by atoms with E-state index in [2.05, 4.69) is 36.5 Å². The van der Waals surface area contributed by atoms with Gasteiger partial charge >= 0.3 is 0 Å². The summed E-state index contributed by atoms with van der Waals surface area (Å²) >= 11 is 1.77. The summed E-state index contributed by atoms with van der Waals surface area (Å²) in [5.41, 5.74) is 4.07. The summed E-state index contributed by atoms with van der Waals surface area (Å²) in [6, 6.07) is 0. The minimum atomic E-state index is 0.936. The fourth-order valence-corrected chi connectivity index (χ4v) is 1.92. The van der Waals surface area contributed by atoms with Gasteiger partial charge in [0.1, 0.15) is 0 Å². The zero-order valence-electron chi connectivity index (χ0n) is 8.39. The van der Waals surface area contributed by atoms with E-state index in [1.807, 2.05) is 0 Å². The summed E-state index contributed by atoms with van der Waals surface area (Å²) in [4.78, 5) is 0. The predicted molar refractivity (Wildman–Crippen MR) is 60.2 cm³/mol. The average molecular weight is 195 g/mol. The minimum absolute atomic E-state index is 0.936. The molecule has 1 nitrogen and oxygen atoms in total.